The van der Waals surface area contributed by atoms with E-state index in [1.165, 1.54) is 11.1 Å². The molecule has 2 rings (SSSR count). The van der Waals surface area contributed by atoms with Crippen molar-refractivity contribution in [2.75, 3.05) is 10.6 Å². The van der Waals surface area contributed by atoms with Crippen LogP contribution in [0.1, 0.15) is 25.0 Å². The van der Waals surface area contributed by atoms with E-state index in [2.05, 4.69) is 32.2 Å². The van der Waals surface area contributed by atoms with Gasteiger partial charge in [-0.3, -0.25) is 5.32 Å². The maximum Gasteiger partial charge on any atom is 0.320 e. The lowest BCUT2D eigenvalue weighted by molar-refractivity contribution is 0.250. The zero-order valence-corrected chi connectivity index (χ0v) is 13.3. The molecule has 0 saturated carbocycles. The number of nitrogens with one attached hydrogen (secondary N) is 3. The average Bonchev–Trinajstić information content (AvgIpc) is 2.39. The summed E-state index contributed by atoms with van der Waals surface area (Å²) in [6, 6.07) is 9.44. The minimum atomic E-state index is -0.292. The van der Waals surface area contributed by atoms with E-state index in [0.717, 1.165) is 5.69 Å². The van der Waals surface area contributed by atoms with E-state index in [9.17, 15) is 4.79 Å². The van der Waals surface area contributed by atoms with E-state index in [1.807, 2.05) is 39.8 Å². The number of aryl methyl sites for hydroxylation is 2. The van der Waals surface area contributed by atoms with Crippen LogP contribution in [0.2, 0.25) is 0 Å². The van der Waals surface area contributed by atoms with E-state index in [0.29, 0.717) is 11.6 Å². The Morgan fingerprint density at radius 2 is 1.59 bits per heavy atom. The molecule has 1 aromatic carbocycles. The highest BCUT2D eigenvalue weighted by molar-refractivity contribution is 5.88. The van der Waals surface area contributed by atoms with Crippen LogP contribution in [0.15, 0.2) is 30.3 Å². The van der Waals surface area contributed by atoms with Crippen LogP contribution in [-0.4, -0.2) is 22.3 Å². The summed E-state index contributed by atoms with van der Waals surface area (Å²) in [5, 5.41) is 16.6. The minimum absolute atomic E-state index is 0.0680. The summed E-state index contributed by atoms with van der Waals surface area (Å²) in [6.45, 7) is 7.87. The van der Waals surface area contributed by atoms with Crippen LogP contribution < -0.4 is 16.0 Å². The maximum absolute atomic E-state index is 11.6. The molecule has 6 nitrogen and oxygen atoms in total. The molecule has 6 heteroatoms. The molecule has 2 aromatic rings. The van der Waals surface area contributed by atoms with Crippen molar-refractivity contribution >= 4 is 23.4 Å². The molecule has 0 spiro atoms. The first-order valence-corrected chi connectivity index (χ1v) is 7.19. The number of carbonyl (C=O) groups excluding carboxylic acids is 1. The third-order valence-electron chi connectivity index (χ3n) is 2.82. The smallest absolute Gasteiger partial charge is 0.320 e. The number of hydrogen-bond donors (Lipinski definition) is 3. The molecule has 0 bridgehead atoms. The SMILES string of the molecule is Cc1cc(C)cc(Nc2ccc(NC(=O)NC(C)C)nn2)c1. The number of carbonyl (C=O) groups is 1. The summed E-state index contributed by atoms with van der Waals surface area (Å²) in [4.78, 5) is 11.6. The molecule has 0 fully saturated rings. The van der Waals surface area contributed by atoms with Crippen LogP contribution in [0.5, 0.6) is 0 Å². The lowest BCUT2D eigenvalue weighted by Crippen LogP contribution is -2.34. The van der Waals surface area contributed by atoms with Crippen molar-refractivity contribution in [2.45, 2.75) is 33.7 Å². The number of amides is 2. The van der Waals surface area contributed by atoms with Crippen LogP contribution in [0.3, 0.4) is 0 Å². The number of aromatic nitrogens is 2. The molecule has 0 radical (unpaired) electrons. The highest BCUT2D eigenvalue weighted by Gasteiger charge is 2.05. The second kappa shape index (κ2) is 6.89. The first-order chi connectivity index (χ1) is 10.4. The van der Waals surface area contributed by atoms with Crippen molar-refractivity contribution in [3.05, 3.63) is 41.5 Å². The largest absolute Gasteiger partial charge is 0.339 e. The zero-order valence-electron chi connectivity index (χ0n) is 13.3. The van der Waals surface area contributed by atoms with Crippen molar-refractivity contribution in [1.82, 2.24) is 15.5 Å². The van der Waals surface area contributed by atoms with Gasteiger partial charge in [0.15, 0.2) is 11.6 Å². The Morgan fingerprint density at radius 1 is 1.00 bits per heavy atom. The summed E-state index contributed by atoms with van der Waals surface area (Å²) in [7, 11) is 0. The summed E-state index contributed by atoms with van der Waals surface area (Å²) in [5.41, 5.74) is 3.32. The number of hydrogen-bond acceptors (Lipinski definition) is 4. The topological polar surface area (TPSA) is 78.9 Å². The van der Waals surface area contributed by atoms with Gasteiger partial charge in [-0.05, 0) is 63.1 Å². The van der Waals surface area contributed by atoms with Gasteiger partial charge in [-0.25, -0.2) is 4.79 Å². The van der Waals surface area contributed by atoms with Crippen molar-refractivity contribution in [3.63, 3.8) is 0 Å². The van der Waals surface area contributed by atoms with Crippen molar-refractivity contribution in [3.8, 4) is 0 Å². The normalized spacial score (nSPS) is 10.4. The lowest BCUT2D eigenvalue weighted by Gasteiger charge is -2.10. The molecule has 1 aromatic heterocycles. The van der Waals surface area contributed by atoms with Crippen LogP contribution in [0.4, 0.5) is 22.1 Å². The molecule has 2 amide bonds. The highest BCUT2D eigenvalue weighted by atomic mass is 16.2. The van der Waals surface area contributed by atoms with Crippen molar-refractivity contribution in [2.24, 2.45) is 0 Å². The zero-order chi connectivity index (χ0) is 16.1. The lowest BCUT2D eigenvalue weighted by atomic mass is 10.1. The number of benzene rings is 1. The standard InChI is InChI=1S/C16H21N5O/c1-10(2)17-16(22)19-15-6-5-14(20-21-15)18-13-8-11(3)7-12(4)9-13/h5-10H,1-4H3,(H,18,20)(H2,17,19,21,22). The molecular formula is C16H21N5O. The molecule has 22 heavy (non-hydrogen) atoms. The van der Waals surface area contributed by atoms with Crippen LogP contribution in [-0.2, 0) is 0 Å². The Hall–Kier alpha value is -2.63. The maximum atomic E-state index is 11.6. The third-order valence-corrected chi connectivity index (χ3v) is 2.82. The van der Waals surface area contributed by atoms with Gasteiger partial charge in [0, 0.05) is 11.7 Å². The number of anilines is 3. The predicted octanol–water partition coefficient (Wildman–Crippen LogP) is 3.37. The fourth-order valence-corrected chi connectivity index (χ4v) is 2.07. The number of rotatable bonds is 4. The van der Waals surface area contributed by atoms with Gasteiger partial charge >= 0.3 is 6.03 Å². The summed E-state index contributed by atoms with van der Waals surface area (Å²) in [5.74, 6) is 1.03. The quantitative estimate of drug-likeness (QED) is 0.808. The molecule has 0 aliphatic carbocycles. The van der Waals surface area contributed by atoms with E-state index < -0.39 is 0 Å². The van der Waals surface area contributed by atoms with Gasteiger partial charge in [0.05, 0.1) is 0 Å². The van der Waals surface area contributed by atoms with E-state index in [4.69, 9.17) is 0 Å². The fraction of sp³-hybridized carbons (Fsp3) is 0.312. The first kappa shape index (κ1) is 15.8. The number of nitrogens with zero attached hydrogens (tertiary/aromatic N) is 2. The molecular weight excluding hydrogens is 278 g/mol. The van der Waals surface area contributed by atoms with Gasteiger partial charge in [-0.2, -0.15) is 0 Å². The molecule has 0 aliphatic rings. The van der Waals surface area contributed by atoms with E-state index in [1.54, 1.807) is 12.1 Å². The molecule has 116 valence electrons. The molecule has 3 N–H and O–H groups in total. The van der Waals surface area contributed by atoms with Gasteiger partial charge in [0.1, 0.15) is 0 Å². The Labute approximate surface area is 130 Å². The monoisotopic (exact) mass is 299 g/mol. The van der Waals surface area contributed by atoms with Crippen LogP contribution >= 0.6 is 0 Å². The predicted molar refractivity (Wildman–Crippen MR) is 88.5 cm³/mol. The molecule has 0 unspecified atom stereocenters. The Balaban J connectivity index is 2.01. The third kappa shape index (κ3) is 4.73. The van der Waals surface area contributed by atoms with Crippen LogP contribution in [0.25, 0.3) is 0 Å². The van der Waals surface area contributed by atoms with Gasteiger partial charge in [-0.1, -0.05) is 6.07 Å². The van der Waals surface area contributed by atoms with E-state index >= 15 is 0 Å². The molecule has 0 aliphatic heterocycles. The summed E-state index contributed by atoms with van der Waals surface area (Å²) < 4.78 is 0. The Bertz CT molecular complexity index is 632. The second-order valence-corrected chi connectivity index (χ2v) is 5.56. The van der Waals surface area contributed by atoms with Gasteiger partial charge in [-0.15, -0.1) is 10.2 Å². The number of urea groups is 1. The average molecular weight is 299 g/mol. The Morgan fingerprint density at radius 3 is 2.14 bits per heavy atom. The van der Waals surface area contributed by atoms with Gasteiger partial charge in [0.25, 0.3) is 0 Å². The molecule has 1 heterocycles. The van der Waals surface area contributed by atoms with Gasteiger partial charge < -0.3 is 10.6 Å². The van der Waals surface area contributed by atoms with Gasteiger partial charge in [0.2, 0.25) is 0 Å². The van der Waals surface area contributed by atoms with Crippen molar-refractivity contribution < 1.29 is 4.79 Å². The molecule has 0 saturated heterocycles. The first-order valence-electron chi connectivity index (χ1n) is 7.19. The minimum Gasteiger partial charge on any atom is -0.339 e. The fourth-order valence-electron chi connectivity index (χ4n) is 2.07. The van der Waals surface area contributed by atoms with Crippen molar-refractivity contribution in [1.29, 1.82) is 0 Å². The van der Waals surface area contributed by atoms with E-state index in [-0.39, 0.29) is 12.1 Å². The summed E-state index contributed by atoms with van der Waals surface area (Å²) in [6.07, 6.45) is 0. The molecule has 0 atom stereocenters. The summed E-state index contributed by atoms with van der Waals surface area (Å²) >= 11 is 0. The highest BCUT2D eigenvalue weighted by Crippen LogP contribution is 2.18. The van der Waals surface area contributed by atoms with Crippen LogP contribution in [0, 0.1) is 13.8 Å². The Kier molecular flexibility index (Phi) is 4.93. The second-order valence-electron chi connectivity index (χ2n) is 5.56.